The Morgan fingerprint density at radius 3 is 2.39 bits per heavy atom. The Labute approximate surface area is 171 Å². The van der Waals surface area contributed by atoms with Gasteiger partial charge in [0.1, 0.15) is 12.4 Å². The van der Waals surface area contributed by atoms with Crippen LogP contribution in [0.25, 0.3) is 0 Å². The fraction of sp³-hybridized carbons (Fsp3) is 0.0476. The van der Waals surface area contributed by atoms with Crippen molar-refractivity contribution in [3.05, 3.63) is 93.5 Å². The molecule has 0 aliphatic heterocycles. The van der Waals surface area contributed by atoms with Crippen LogP contribution in [0.2, 0.25) is 10.0 Å². The summed E-state index contributed by atoms with van der Waals surface area (Å²) in [7, 11) is 0. The zero-order valence-electron chi connectivity index (χ0n) is 14.5. The Morgan fingerprint density at radius 2 is 1.71 bits per heavy atom. The summed E-state index contributed by atoms with van der Waals surface area (Å²) in [4.78, 5) is 24.1. The standard InChI is InChI=1S/C21H15Cl2NO4/c22-15-10-9-14(17(23)11-15)12-28-18-8-4-7-16(21(26)27)19(18)24-20(25)13-5-2-1-3-6-13/h1-11H,12H2,(H,24,25)(H,26,27). The van der Waals surface area contributed by atoms with E-state index in [9.17, 15) is 14.7 Å². The number of carboxylic acid groups (broad SMARTS) is 1. The van der Waals surface area contributed by atoms with Crippen LogP contribution >= 0.6 is 23.2 Å². The van der Waals surface area contributed by atoms with Crippen molar-refractivity contribution < 1.29 is 19.4 Å². The van der Waals surface area contributed by atoms with Crippen LogP contribution in [0.5, 0.6) is 5.75 Å². The van der Waals surface area contributed by atoms with E-state index in [4.69, 9.17) is 27.9 Å². The number of rotatable bonds is 6. The Morgan fingerprint density at radius 1 is 0.964 bits per heavy atom. The minimum Gasteiger partial charge on any atom is -0.487 e. The van der Waals surface area contributed by atoms with Crippen molar-refractivity contribution in [3.8, 4) is 5.75 Å². The van der Waals surface area contributed by atoms with Gasteiger partial charge >= 0.3 is 5.97 Å². The molecule has 3 aromatic carbocycles. The lowest BCUT2D eigenvalue weighted by atomic mass is 10.1. The summed E-state index contributed by atoms with van der Waals surface area (Å²) in [5, 5.41) is 13.1. The third-order valence-electron chi connectivity index (χ3n) is 3.93. The number of nitrogens with one attached hydrogen (secondary N) is 1. The molecule has 0 atom stereocenters. The van der Waals surface area contributed by atoms with Gasteiger partial charge in [-0.25, -0.2) is 4.79 Å². The van der Waals surface area contributed by atoms with Gasteiger partial charge in [-0.3, -0.25) is 4.79 Å². The number of carbonyl (C=O) groups excluding carboxylic acids is 1. The third kappa shape index (κ3) is 4.63. The van der Waals surface area contributed by atoms with Gasteiger partial charge in [0.05, 0.1) is 11.3 Å². The van der Waals surface area contributed by atoms with Gasteiger partial charge in [-0.05, 0) is 36.4 Å². The average Bonchev–Trinajstić information content (AvgIpc) is 2.68. The Kier molecular flexibility index (Phi) is 6.19. The first-order chi connectivity index (χ1) is 13.5. The normalized spacial score (nSPS) is 10.4. The molecule has 7 heteroatoms. The van der Waals surface area contributed by atoms with Crippen molar-refractivity contribution in [2.24, 2.45) is 0 Å². The summed E-state index contributed by atoms with van der Waals surface area (Å²) in [6.45, 7) is 0.0767. The van der Waals surface area contributed by atoms with Gasteiger partial charge in [0.2, 0.25) is 0 Å². The first-order valence-corrected chi connectivity index (χ1v) is 9.00. The van der Waals surface area contributed by atoms with Gasteiger partial charge in [-0.2, -0.15) is 0 Å². The van der Waals surface area contributed by atoms with E-state index in [1.54, 1.807) is 60.7 Å². The minimum atomic E-state index is -1.18. The molecular weight excluding hydrogens is 401 g/mol. The molecule has 0 aliphatic rings. The van der Waals surface area contributed by atoms with E-state index in [-0.39, 0.29) is 23.6 Å². The van der Waals surface area contributed by atoms with Crippen LogP contribution in [0.1, 0.15) is 26.3 Å². The molecule has 0 bridgehead atoms. The fourth-order valence-corrected chi connectivity index (χ4v) is 2.99. The van der Waals surface area contributed by atoms with Crippen molar-refractivity contribution in [3.63, 3.8) is 0 Å². The van der Waals surface area contributed by atoms with E-state index in [0.29, 0.717) is 21.2 Å². The van der Waals surface area contributed by atoms with Crippen molar-refractivity contribution in [1.82, 2.24) is 0 Å². The summed E-state index contributed by atoms with van der Waals surface area (Å²) in [6, 6.07) is 18.0. The van der Waals surface area contributed by atoms with Crippen LogP contribution in [-0.2, 0) is 6.61 Å². The average molecular weight is 416 g/mol. The number of para-hydroxylation sites is 1. The first kappa shape index (κ1) is 19.7. The van der Waals surface area contributed by atoms with Gasteiger partial charge in [-0.1, -0.05) is 53.5 Å². The number of aromatic carboxylic acids is 1. The van der Waals surface area contributed by atoms with Crippen LogP contribution in [-0.4, -0.2) is 17.0 Å². The molecule has 0 aromatic heterocycles. The lowest BCUT2D eigenvalue weighted by Gasteiger charge is -2.15. The van der Waals surface area contributed by atoms with Crippen LogP contribution < -0.4 is 10.1 Å². The van der Waals surface area contributed by atoms with Gasteiger partial charge in [-0.15, -0.1) is 0 Å². The van der Waals surface area contributed by atoms with Gasteiger partial charge in [0.25, 0.3) is 5.91 Å². The molecule has 0 spiro atoms. The number of anilines is 1. The largest absolute Gasteiger partial charge is 0.487 e. The maximum atomic E-state index is 12.5. The Balaban J connectivity index is 1.89. The maximum absolute atomic E-state index is 12.5. The molecule has 1 amide bonds. The molecule has 3 aromatic rings. The van der Waals surface area contributed by atoms with Crippen molar-refractivity contribution in [1.29, 1.82) is 0 Å². The van der Waals surface area contributed by atoms with Crippen LogP contribution in [0.3, 0.4) is 0 Å². The van der Waals surface area contributed by atoms with Crippen molar-refractivity contribution >= 4 is 40.8 Å². The molecule has 0 saturated carbocycles. The second kappa shape index (κ2) is 8.78. The van der Waals surface area contributed by atoms with Crippen molar-refractivity contribution in [2.45, 2.75) is 6.61 Å². The first-order valence-electron chi connectivity index (χ1n) is 8.25. The maximum Gasteiger partial charge on any atom is 0.337 e. The molecule has 0 aliphatic carbocycles. The highest BCUT2D eigenvalue weighted by molar-refractivity contribution is 6.35. The SMILES string of the molecule is O=C(Nc1c(OCc2ccc(Cl)cc2Cl)cccc1C(=O)O)c1ccccc1. The Bertz CT molecular complexity index is 1020. The lowest BCUT2D eigenvalue weighted by molar-refractivity contribution is 0.0697. The zero-order valence-corrected chi connectivity index (χ0v) is 16.0. The predicted molar refractivity (Wildman–Crippen MR) is 109 cm³/mol. The number of halogens is 2. The molecule has 0 heterocycles. The topological polar surface area (TPSA) is 75.6 Å². The highest BCUT2D eigenvalue weighted by Gasteiger charge is 2.18. The van der Waals surface area contributed by atoms with Crippen molar-refractivity contribution in [2.75, 3.05) is 5.32 Å². The van der Waals surface area contributed by atoms with E-state index in [1.165, 1.54) is 6.07 Å². The highest BCUT2D eigenvalue weighted by Crippen LogP contribution is 2.31. The van der Waals surface area contributed by atoms with E-state index >= 15 is 0 Å². The van der Waals surface area contributed by atoms with E-state index < -0.39 is 11.9 Å². The predicted octanol–water partition coefficient (Wildman–Crippen LogP) is 5.52. The zero-order chi connectivity index (χ0) is 20.1. The fourth-order valence-electron chi connectivity index (χ4n) is 2.53. The highest BCUT2D eigenvalue weighted by atomic mass is 35.5. The molecule has 0 unspecified atom stereocenters. The van der Waals surface area contributed by atoms with Gasteiger partial charge in [0, 0.05) is 21.2 Å². The van der Waals surface area contributed by atoms with Gasteiger partial charge in [0.15, 0.2) is 0 Å². The summed E-state index contributed by atoms with van der Waals surface area (Å²) < 4.78 is 5.77. The second-order valence-electron chi connectivity index (χ2n) is 5.83. The van der Waals surface area contributed by atoms with E-state index in [0.717, 1.165) is 0 Å². The molecule has 3 rings (SSSR count). The molecule has 142 valence electrons. The number of carboxylic acids is 1. The molecule has 0 fully saturated rings. The Hall–Kier alpha value is -3.02. The lowest BCUT2D eigenvalue weighted by Crippen LogP contribution is -2.16. The monoisotopic (exact) mass is 415 g/mol. The molecular formula is C21H15Cl2NO4. The summed E-state index contributed by atoms with van der Waals surface area (Å²) >= 11 is 12.0. The molecule has 28 heavy (non-hydrogen) atoms. The van der Waals surface area contributed by atoms with Crippen LogP contribution in [0.4, 0.5) is 5.69 Å². The summed E-state index contributed by atoms with van der Waals surface area (Å²) in [6.07, 6.45) is 0. The molecule has 5 nitrogen and oxygen atoms in total. The summed E-state index contributed by atoms with van der Waals surface area (Å²) in [5.74, 6) is -1.41. The third-order valence-corrected chi connectivity index (χ3v) is 4.52. The number of amides is 1. The molecule has 0 saturated heterocycles. The summed E-state index contributed by atoms with van der Waals surface area (Å²) in [5.41, 5.74) is 1.07. The smallest absolute Gasteiger partial charge is 0.337 e. The number of benzene rings is 3. The van der Waals surface area contributed by atoms with E-state index in [1.807, 2.05) is 0 Å². The van der Waals surface area contributed by atoms with Crippen LogP contribution in [0.15, 0.2) is 66.7 Å². The number of carbonyl (C=O) groups is 2. The van der Waals surface area contributed by atoms with E-state index in [2.05, 4.69) is 5.32 Å². The minimum absolute atomic E-state index is 0.0767. The molecule has 0 radical (unpaired) electrons. The van der Waals surface area contributed by atoms with Gasteiger partial charge < -0.3 is 15.2 Å². The number of hydrogen-bond acceptors (Lipinski definition) is 3. The molecule has 2 N–H and O–H groups in total. The van der Waals surface area contributed by atoms with Crippen LogP contribution in [0, 0.1) is 0 Å². The number of hydrogen-bond donors (Lipinski definition) is 2. The quantitative estimate of drug-likeness (QED) is 0.555. The second-order valence-corrected chi connectivity index (χ2v) is 6.67. The number of ether oxygens (including phenoxy) is 1.